The summed E-state index contributed by atoms with van der Waals surface area (Å²) >= 11 is -1.09. The molecule has 2 heterocycles. The first-order valence-corrected chi connectivity index (χ1v) is 11.3. The molecular weight excluding hydrogens is 405 g/mol. The lowest BCUT2D eigenvalue weighted by Crippen LogP contribution is -2.28. The van der Waals surface area contributed by atoms with Gasteiger partial charge in [0.25, 0.3) is 5.91 Å². The summed E-state index contributed by atoms with van der Waals surface area (Å²) in [6.07, 6.45) is 3.89. The molecule has 3 rings (SSSR count). The molecule has 0 spiro atoms. The highest BCUT2D eigenvalue weighted by Crippen LogP contribution is 2.14. The van der Waals surface area contributed by atoms with E-state index >= 15 is 0 Å². The molecule has 1 aromatic carbocycles. The minimum Gasteiger partial charge on any atom is -0.611 e. The van der Waals surface area contributed by atoms with Gasteiger partial charge in [-0.25, -0.2) is 9.37 Å². The van der Waals surface area contributed by atoms with Crippen molar-refractivity contribution >= 4 is 28.1 Å². The number of hydrogen-bond acceptors (Lipinski definition) is 5. The largest absolute Gasteiger partial charge is 0.611 e. The first-order chi connectivity index (χ1) is 14.6. The summed E-state index contributed by atoms with van der Waals surface area (Å²) in [5.41, 5.74) is 2.03. The Balaban J connectivity index is 1.47. The van der Waals surface area contributed by atoms with E-state index < -0.39 is 11.2 Å². The van der Waals surface area contributed by atoms with Gasteiger partial charge in [0, 0.05) is 37.6 Å². The van der Waals surface area contributed by atoms with Crippen LogP contribution in [0.4, 0.5) is 4.39 Å². The molecule has 0 aliphatic heterocycles. The zero-order valence-corrected chi connectivity index (χ0v) is 17.8. The summed E-state index contributed by atoms with van der Waals surface area (Å²) in [5.74, 6) is 0.328. The summed E-state index contributed by atoms with van der Waals surface area (Å²) in [7, 11) is 0. The van der Waals surface area contributed by atoms with Crippen LogP contribution < -0.4 is 5.32 Å². The minimum atomic E-state index is -1.09. The van der Waals surface area contributed by atoms with E-state index in [2.05, 4.69) is 20.5 Å². The molecule has 1 amide bonds. The second kappa shape index (κ2) is 11.1. The number of halogens is 1. The van der Waals surface area contributed by atoms with E-state index in [-0.39, 0.29) is 12.6 Å². The van der Waals surface area contributed by atoms with E-state index in [1.54, 1.807) is 12.3 Å². The van der Waals surface area contributed by atoms with Gasteiger partial charge in [0.05, 0.1) is 11.8 Å². The molecule has 1 unspecified atom stereocenters. The van der Waals surface area contributed by atoms with Gasteiger partial charge in [0.2, 0.25) is 0 Å². The molecule has 0 saturated heterocycles. The van der Waals surface area contributed by atoms with Crippen LogP contribution in [-0.4, -0.2) is 62.6 Å². The molecule has 30 heavy (non-hydrogen) atoms. The van der Waals surface area contributed by atoms with Crippen molar-refractivity contribution < 1.29 is 13.7 Å². The van der Waals surface area contributed by atoms with Crippen LogP contribution in [0.2, 0.25) is 0 Å². The summed E-state index contributed by atoms with van der Waals surface area (Å²) in [4.78, 5) is 19.3. The Morgan fingerprint density at radius 2 is 2.07 bits per heavy atom. The number of nitrogens with one attached hydrogen (secondary N) is 2. The number of pyridine rings is 1. The van der Waals surface area contributed by atoms with Gasteiger partial charge in [-0.15, -0.1) is 0 Å². The molecule has 1 atom stereocenters. The fraction of sp³-hybridized carbons (Fsp3) is 0.381. The molecule has 2 aromatic heterocycles. The number of benzene rings is 1. The van der Waals surface area contributed by atoms with Gasteiger partial charge in [-0.2, -0.15) is 5.10 Å². The zero-order chi connectivity index (χ0) is 21.3. The average molecular weight is 432 g/mol. The topological polar surface area (TPSA) is 97.0 Å². The Hall–Kier alpha value is -2.49. The number of nitrogens with zero attached hydrogens (tertiary/aromatic N) is 3. The normalized spacial score (nSPS) is 12.4. The van der Waals surface area contributed by atoms with Gasteiger partial charge in [0.1, 0.15) is 12.4 Å². The van der Waals surface area contributed by atoms with Crippen molar-refractivity contribution in [3.63, 3.8) is 0 Å². The Bertz CT molecular complexity index is 950. The van der Waals surface area contributed by atoms with Crippen LogP contribution in [0.3, 0.4) is 0 Å². The lowest BCUT2D eigenvalue weighted by molar-refractivity contribution is 0.0950. The van der Waals surface area contributed by atoms with E-state index in [1.807, 2.05) is 36.1 Å². The van der Waals surface area contributed by atoms with Crippen molar-refractivity contribution in [3.05, 3.63) is 53.9 Å². The van der Waals surface area contributed by atoms with E-state index in [0.717, 1.165) is 35.4 Å². The molecule has 0 aliphatic rings. The van der Waals surface area contributed by atoms with Crippen molar-refractivity contribution in [2.45, 2.75) is 24.8 Å². The SMILES string of the molecule is CCN(CCF)CCC[S+]([O-])c1ccc(CNC(=O)c2cnc3[nH]ncc3c2)cc1. The lowest BCUT2D eigenvalue weighted by atomic mass is 10.2. The molecule has 0 bridgehead atoms. The van der Waals surface area contributed by atoms with Gasteiger partial charge in [0.15, 0.2) is 10.5 Å². The number of amides is 1. The second-order valence-electron chi connectivity index (χ2n) is 6.88. The number of fused-ring (bicyclic) bond motifs is 1. The number of rotatable bonds is 11. The van der Waals surface area contributed by atoms with Crippen LogP contribution in [0, 0.1) is 0 Å². The van der Waals surface area contributed by atoms with Gasteiger partial charge in [-0.3, -0.25) is 9.89 Å². The van der Waals surface area contributed by atoms with Crippen LogP contribution in [0.1, 0.15) is 29.3 Å². The van der Waals surface area contributed by atoms with Crippen LogP contribution in [0.25, 0.3) is 11.0 Å². The zero-order valence-electron chi connectivity index (χ0n) is 16.9. The van der Waals surface area contributed by atoms with Gasteiger partial charge in [-0.1, -0.05) is 19.1 Å². The molecule has 0 fully saturated rings. The maximum absolute atomic E-state index is 12.5. The molecular formula is C21H26FN5O2S. The standard InChI is InChI=1S/C21H26FN5O2S/c1-2-27(10-8-22)9-3-11-30(29)19-6-4-16(5-7-19)13-24-21(28)18-12-17-15-25-26-20(17)23-14-18/h4-7,12,14-15H,2-3,8-11,13H2,1H3,(H,24,28)(H,23,25,26). The van der Waals surface area contributed by atoms with Gasteiger partial charge in [-0.05, 0) is 41.5 Å². The highest BCUT2D eigenvalue weighted by Gasteiger charge is 2.13. The summed E-state index contributed by atoms with van der Waals surface area (Å²) in [5, 5.41) is 10.3. The fourth-order valence-corrected chi connectivity index (χ4v) is 4.16. The Labute approximate surface area is 178 Å². The van der Waals surface area contributed by atoms with E-state index in [0.29, 0.717) is 30.1 Å². The predicted octanol–water partition coefficient (Wildman–Crippen LogP) is 2.68. The number of alkyl halides is 1. The molecule has 0 saturated carbocycles. The van der Waals surface area contributed by atoms with Crippen molar-refractivity contribution in [2.75, 3.05) is 32.1 Å². The molecule has 0 aliphatic carbocycles. The van der Waals surface area contributed by atoms with Gasteiger partial charge >= 0.3 is 0 Å². The quantitative estimate of drug-likeness (QED) is 0.455. The molecule has 160 valence electrons. The van der Waals surface area contributed by atoms with Crippen LogP contribution in [0.15, 0.2) is 47.6 Å². The number of aromatic amines is 1. The van der Waals surface area contributed by atoms with Crippen molar-refractivity contribution in [1.29, 1.82) is 0 Å². The second-order valence-corrected chi connectivity index (χ2v) is 8.46. The average Bonchev–Trinajstić information content (AvgIpc) is 3.25. The molecule has 0 radical (unpaired) electrons. The third-order valence-electron chi connectivity index (χ3n) is 4.84. The first-order valence-electron chi connectivity index (χ1n) is 9.93. The molecule has 2 N–H and O–H groups in total. The summed E-state index contributed by atoms with van der Waals surface area (Å²) < 4.78 is 24.9. The van der Waals surface area contributed by atoms with Gasteiger partial charge < -0.3 is 14.8 Å². The third kappa shape index (κ3) is 6.01. The highest BCUT2D eigenvalue weighted by molar-refractivity contribution is 7.91. The number of aromatic nitrogens is 3. The van der Waals surface area contributed by atoms with E-state index in [9.17, 15) is 13.7 Å². The Morgan fingerprint density at radius 3 is 2.80 bits per heavy atom. The maximum Gasteiger partial charge on any atom is 0.253 e. The van der Waals surface area contributed by atoms with Crippen molar-refractivity contribution in [1.82, 2.24) is 25.4 Å². The smallest absolute Gasteiger partial charge is 0.253 e. The number of H-pyrrole nitrogens is 1. The van der Waals surface area contributed by atoms with Crippen LogP contribution in [-0.2, 0) is 17.7 Å². The molecule has 3 aromatic rings. The fourth-order valence-electron chi connectivity index (χ4n) is 3.09. The molecule has 7 nitrogen and oxygen atoms in total. The summed E-state index contributed by atoms with van der Waals surface area (Å²) in [6.45, 7) is 3.97. The monoisotopic (exact) mass is 431 g/mol. The predicted molar refractivity (Wildman–Crippen MR) is 115 cm³/mol. The number of hydrogen-bond donors (Lipinski definition) is 2. The van der Waals surface area contributed by atoms with Crippen molar-refractivity contribution in [3.8, 4) is 0 Å². The van der Waals surface area contributed by atoms with Crippen molar-refractivity contribution in [2.24, 2.45) is 0 Å². The number of carbonyl (C=O) groups is 1. The first kappa shape index (κ1) is 22.2. The highest BCUT2D eigenvalue weighted by atomic mass is 32.2. The van der Waals surface area contributed by atoms with Crippen LogP contribution in [0.5, 0.6) is 0 Å². The minimum absolute atomic E-state index is 0.216. The number of carbonyl (C=O) groups excluding carboxylic acids is 1. The van der Waals surface area contributed by atoms with E-state index in [1.165, 1.54) is 6.20 Å². The Morgan fingerprint density at radius 1 is 1.27 bits per heavy atom. The Kier molecular flexibility index (Phi) is 8.18. The summed E-state index contributed by atoms with van der Waals surface area (Å²) in [6, 6.07) is 9.13. The third-order valence-corrected chi connectivity index (χ3v) is 6.30. The van der Waals surface area contributed by atoms with Crippen LogP contribution >= 0.6 is 0 Å². The lowest BCUT2D eigenvalue weighted by Gasteiger charge is -2.19. The van der Waals surface area contributed by atoms with E-state index in [4.69, 9.17) is 0 Å². The molecule has 9 heteroatoms. The maximum atomic E-state index is 12.5.